The lowest BCUT2D eigenvalue weighted by Gasteiger charge is -2.05. The van der Waals surface area contributed by atoms with Crippen LogP contribution in [-0.2, 0) is 0 Å². The van der Waals surface area contributed by atoms with Crippen molar-refractivity contribution in [3.63, 3.8) is 0 Å². The molecule has 1 aromatic heterocycles. The minimum Gasteiger partial charge on any atom is -0.308 e. The molecule has 1 atom stereocenters. The van der Waals surface area contributed by atoms with Crippen LogP contribution in [0.1, 0.15) is 23.9 Å². The van der Waals surface area contributed by atoms with Crippen LogP contribution in [0.15, 0.2) is 34.1 Å². The number of aromatic nitrogens is 1. The summed E-state index contributed by atoms with van der Waals surface area (Å²) in [7, 11) is 0. The highest BCUT2D eigenvalue weighted by atomic mass is 79.9. The third kappa shape index (κ3) is 2.30. The van der Waals surface area contributed by atoms with Crippen LogP contribution in [0.5, 0.6) is 0 Å². The van der Waals surface area contributed by atoms with Crippen molar-refractivity contribution < 1.29 is 0 Å². The van der Waals surface area contributed by atoms with E-state index < -0.39 is 0 Å². The maximum Gasteiger partial charge on any atom is 0.110 e. The number of thiazole rings is 1. The van der Waals surface area contributed by atoms with Gasteiger partial charge in [0.1, 0.15) is 5.01 Å². The van der Waals surface area contributed by atoms with E-state index in [0.717, 1.165) is 16.7 Å². The van der Waals surface area contributed by atoms with E-state index in [0.29, 0.717) is 6.04 Å². The average Bonchev–Trinajstić information content (AvgIpc) is 3.00. The zero-order chi connectivity index (χ0) is 11.7. The fourth-order valence-corrected chi connectivity index (χ4v) is 3.55. The second-order valence-corrected chi connectivity index (χ2v) is 5.94. The van der Waals surface area contributed by atoms with Crippen molar-refractivity contribution in [3.05, 3.63) is 39.1 Å². The molecule has 1 unspecified atom stereocenters. The van der Waals surface area contributed by atoms with E-state index >= 15 is 0 Å². The van der Waals surface area contributed by atoms with Gasteiger partial charge in [-0.1, -0.05) is 34.1 Å². The Bertz CT molecular complexity index is 518. The molecule has 4 heteroatoms. The van der Waals surface area contributed by atoms with Crippen molar-refractivity contribution in [2.45, 2.75) is 18.9 Å². The predicted octanol–water partition coefficient (Wildman–Crippen LogP) is 4.00. The summed E-state index contributed by atoms with van der Waals surface area (Å²) >= 11 is 5.33. The molecule has 0 amide bonds. The lowest BCUT2D eigenvalue weighted by molar-refractivity contribution is 0.643. The summed E-state index contributed by atoms with van der Waals surface area (Å²) in [6, 6.07) is 8.70. The van der Waals surface area contributed by atoms with Crippen LogP contribution in [0.4, 0.5) is 0 Å². The first-order valence-corrected chi connectivity index (χ1v) is 7.45. The number of nitrogens with one attached hydrogen (secondary N) is 1. The Balaban J connectivity index is 1.92. The average molecular weight is 309 g/mol. The number of benzene rings is 1. The standard InChI is InChI=1S/C13H13BrN2S/c14-10-5-2-1-4-9(10)12-8-17-13(16-12)11-6-3-7-15-11/h1-2,4-5,8,11,15H,3,6-7H2. The normalized spacial score (nSPS) is 19.7. The van der Waals surface area contributed by atoms with Crippen molar-refractivity contribution in [2.24, 2.45) is 0 Å². The Labute approximate surface area is 113 Å². The number of hydrogen-bond acceptors (Lipinski definition) is 3. The molecular weight excluding hydrogens is 296 g/mol. The van der Waals surface area contributed by atoms with Gasteiger partial charge in [-0.25, -0.2) is 4.98 Å². The van der Waals surface area contributed by atoms with Gasteiger partial charge < -0.3 is 5.32 Å². The Morgan fingerprint density at radius 2 is 2.24 bits per heavy atom. The van der Waals surface area contributed by atoms with Gasteiger partial charge in [0.25, 0.3) is 0 Å². The van der Waals surface area contributed by atoms with Crippen LogP contribution in [0, 0.1) is 0 Å². The second-order valence-electron chi connectivity index (χ2n) is 4.20. The molecule has 2 aromatic rings. The first-order chi connectivity index (χ1) is 8.34. The monoisotopic (exact) mass is 308 g/mol. The Hall–Kier alpha value is -0.710. The Morgan fingerprint density at radius 3 is 3.00 bits per heavy atom. The molecule has 2 heterocycles. The number of hydrogen-bond donors (Lipinski definition) is 1. The highest BCUT2D eigenvalue weighted by Gasteiger charge is 2.19. The number of halogens is 1. The van der Waals surface area contributed by atoms with Gasteiger partial charge in [-0.05, 0) is 25.5 Å². The van der Waals surface area contributed by atoms with Crippen LogP contribution in [0.25, 0.3) is 11.3 Å². The molecule has 0 saturated carbocycles. The second kappa shape index (κ2) is 4.88. The Morgan fingerprint density at radius 1 is 1.35 bits per heavy atom. The van der Waals surface area contributed by atoms with E-state index in [1.165, 1.54) is 23.4 Å². The van der Waals surface area contributed by atoms with E-state index in [9.17, 15) is 0 Å². The van der Waals surface area contributed by atoms with E-state index in [-0.39, 0.29) is 0 Å². The summed E-state index contributed by atoms with van der Waals surface area (Å²) < 4.78 is 1.11. The molecule has 1 saturated heterocycles. The third-order valence-corrected chi connectivity index (χ3v) is 4.68. The fraction of sp³-hybridized carbons (Fsp3) is 0.308. The van der Waals surface area contributed by atoms with Crippen LogP contribution in [0.2, 0.25) is 0 Å². The minimum absolute atomic E-state index is 0.469. The topological polar surface area (TPSA) is 24.9 Å². The van der Waals surface area contributed by atoms with Crippen LogP contribution in [0.3, 0.4) is 0 Å². The zero-order valence-corrected chi connectivity index (χ0v) is 11.7. The lowest BCUT2D eigenvalue weighted by Crippen LogP contribution is -2.12. The van der Waals surface area contributed by atoms with Gasteiger partial charge in [0.05, 0.1) is 11.7 Å². The van der Waals surface area contributed by atoms with Crippen LogP contribution >= 0.6 is 27.3 Å². The molecule has 17 heavy (non-hydrogen) atoms. The molecular formula is C13H13BrN2S. The number of nitrogens with zero attached hydrogens (tertiary/aromatic N) is 1. The molecule has 1 aromatic carbocycles. The van der Waals surface area contributed by atoms with Gasteiger partial charge in [0.15, 0.2) is 0 Å². The smallest absolute Gasteiger partial charge is 0.110 e. The highest BCUT2D eigenvalue weighted by Crippen LogP contribution is 2.32. The van der Waals surface area contributed by atoms with Gasteiger partial charge in [0, 0.05) is 15.4 Å². The molecule has 0 bridgehead atoms. The summed E-state index contributed by atoms with van der Waals surface area (Å²) in [6.07, 6.45) is 2.47. The molecule has 2 nitrogen and oxygen atoms in total. The molecule has 0 aliphatic carbocycles. The lowest BCUT2D eigenvalue weighted by atomic mass is 10.2. The molecule has 3 rings (SSSR count). The third-order valence-electron chi connectivity index (χ3n) is 3.03. The van der Waals surface area contributed by atoms with Crippen LogP contribution in [-0.4, -0.2) is 11.5 Å². The summed E-state index contributed by atoms with van der Waals surface area (Å²) in [4.78, 5) is 4.75. The molecule has 88 valence electrons. The van der Waals surface area contributed by atoms with Gasteiger partial charge >= 0.3 is 0 Å². The van der Waals surface area contributed by atoms with E-state index in [4.69, 9.17) is 4.98 Å². The van der Waals surface area contributed by atoms with E-state index in [2.05, 4.69) is 38.8 Å². The molecule has 1 aliphatic rings. The van der Waals surface area contributed by atoms with Gasteiger partial charge in [-0.2, -0.15) is 0 Å². The summed E-state index contributed by atoms with van der Waals surface area (Å²) in [6.45, 7) is 1.12. The first-order valence-electron chi connectivity index (χ1n) is 5.78. The van der Waals surface area contributed by atoms with Crippen molar-refractivity contribution in [1.82, 2.24) is 10.3 Å². The van der Waals surface area contributed by atoms with Crippen molar-refractivity contribution >= 4 is 27.3 Å². The van der Waals surface area contributed by atoms with Gasteiger partial charge in [0.2, 0.25) is 0 Å². The molecule has 1 N–H and O–H groups in total. The zero-order valence-electron chi connectivity index (χ0n) is 9.32. The largest absolute Gasteiger partial charge is 0.308 e. The van der Waals surface area contributed by atoms with Crippen molar-refractivity contribution in [3.8, 4) is 11.3 Å². The SMILES string of the molecule is Brc1ccccc1-c1csc(C2CCCN2)n1. The van der Waals surface area contributed by atoms with Crippen molar-refractivity contribution in [1.29, 1.82) is 0 Å². The highest BCUT2D eigenvalue weighted by molar-refractivity contribution is 9.10. The van der Waals surface area contributed by atoms with Crippen LogP contribution < -0.4 is 5.32 Å². The first kappa shape index (κ1) is 11.4. The quantitative estimate of drug-likeness (QED) is 0.907. The van der Waals surface area contributed by atoms with Gasteiger partial charge in [-0.15, -0.1) is 11.3 Å². The number of rotatable bonds is 2. The fourth-order valence-electron chi connectivity index (χ4n) is 2.14. The molecule has 0 spiro atoms. The predicted molar refractivity (Wildman–Crippen MR) is 75.2 cm³/mol. The summed E-state index contributed by atoms with van der Waals surface area (Å²) in [5.74, 6) is 0. The Kier molecular flexibility index (Phi) is 3.27. The van der Waals surface area contributed by atoms with Gasteiger partial charge in [-0.3, -0.25) is 0 Å². The maximum absolute atomic E-state index is 4.75. The molecule has 1 aliphatic heterocycles. The van der Waals surface area contributed by atoms with E-state index in [1.807, 2.05) is 12.1 Å². The minimum atomic E-state index is 0.469. The summed E-state index contributed by atoms with van der Waals surface area (Å²) in [5.41, 5.74) is 2.25. The molecule has 1 fully saturated rings. The summed E-state index contributed by atoms with van der Waals surface area (Å²) in [5, 5.41) is 6.85. The van der Waals surface area contributed by atoms with E-state index in [1.54, 1.807) is 11.3 Å². The molecule has 0 radical (unpaired) electrons. The van der Waals surface area contributed by atoms with Crippen molar-refractivity contribution in [2.75, 3.05) is 6.54 Å². The maximum atomic E-state index is 4.75.